The highest BCUT2D eigenvalue weighted by Gasteiger charge is 2.32. The fraction of sp³-hybridized carbons (Fsp3) is 0.290. The predicted octanol–water partition coefficient (Wildman–Crippen LogP) is 3.83. The molecule has 226 valence electrons. The summed E-state index contributed by atoms with van der Waals surface area (Å²) in [5.74, 6) is 0.370. The Morgan fingerprint density at radius 2 is 1.77 bits per heavy atom. The van der Waals surface area contributed by atoms with Gasteiger partial charge in [-0.25, -0.2) is 15.0 Å². The normalized spacial score (nSPS) is 14.7. The van der Waals surface area contributed by atoms with Gasteiger partial charge in [-0.1, -0.05) is 6.07 Å². The number of methoxy groups -OCH3 is 2. The van der Waals surface area contributed by atoms with E-state index in [9.17, 15) is 14.4 Å². The van der Waals surface area contributed by atoms with E-state index in [2.05, 4.69) is 25.7 Å². The number of hydrazone groups is 1. The van der Waals surface area contributed by atoms with Gasteiger partial charge in [0.2, 0.25) is 0 Å². The van der Waals surface area contributed by atoms with E-state index >= 15 is 0 Å². The largest absolute Gasteiger partial charge is 0.497 e. The number of hydrogen-bond donors (Lipinski definition) is 3. The molecular weight excluding hydrogens is 554 g/mol. The molecule has 12 heteroatoms. The van der Waals surface area contributed by atoms with Gasteiger partial charge in [0.25, 0.3) is 5.91 Å². The second-order valence-electron chi connectivity index (χ2n) is 9.64. The lowest BCUT2D eigenvalue weighted by atomic mass is 9.95. The molecule has 3 aromatic rings. The lowest BCUT2D eigenvalue weighted by Gasteiger charge is -2.28. The van der Waals surface area contributed by atoms with Crippen molar-refractivity contribution in [3.8, 4) is 22.9 Å². The van der Waals surface area contributed by atoms with E-state index in [1.165, 1.54) is 7.11 Å². The Bertz CT molecular complexity index is 1570. The molecule has 0 spiro atoms. The number of rotatable bonds is 11. The van der Waals surface area contributed by atoms with Gasteiger partial charge in [-0.05, 0) is 75.7 Å². The summed E-state index contributed by atoms with van der Waals surface area (Å²) in [5.41, 5.74) is 7.53. The maximum absolute atomic E-state index is 12.6. The Kier molecular flexibility index (Phi) is 9.71. The zero-order valence-electron chi connectivity index (χ0n) is 24.9. The molecule has 1 aromatic heterocycles. The number of carbonyl (C=O) groups excluding carboxylic acids is 3. The summed E-state index contributed by atoms with van der Waals surface area (Å²) < 4.78 is 23.7. The Balaban J connectivity index is 1.41. The molecule has 0 saturated carbocycles. The number of ether oxygens (including phenoxy) is 4. The number of amides is 3. The van der Waals surface area contributed by atoms with Crippen molar-refractivity contribution in [1.82, 2.24) is 20.6 Å². The first kappa shape index (κ1) is 30.7. The molecule has 1 aliphatic rings. The Morgan fingerprint density at radius 3 is 2.44 bits per heavy atom. The Morgan fingerprint density at radius 1 is 1.02 bits per heavy atom. The number of hydrogen-bond acceptors (Lipinski definition) is 8. The summed E-state index contributed by atoms with van der Waals surface area (Å²) in [4.78, 5) is 37.3. The standard InChI is InChI=1S/C31H35N5O7/c1-7-42-30(38)28-19(3)33-31(39)34-29(28)21-8-13-25(26(15-21)41-6)43-17-27(37)35-32-16-22-14-18(2)36(20(22)4)23-9-11-24(40-5)12-10-23/h8-16,29H,7,17H2,1-6H3,(H,35,37)(H2,33,34,39)/b32-16-/t29-/m1/s1. The third-order valence-corrected chi connectivity index (χ3v) is 6.84. The highest BCUT2D eigenvalue weighted by Crippen LogP contribution is 2.34. The van der Waals surface area contributed by atoms with Gasteiger partial charge in [-0.15, -0.1) is 0 Å². The first-order valence-corrected chi connectivity index (χ1v) is 13.6. The average Bonchev–Trinajstić information content (AvgIpc) is 3.27. The summed E-state index contributed by atoms with van der Waals surface area (Å²) in [6.07, 6.45) is 1.58. The summed E-state index contributed by atoms with van der Waals surface area (Å²) in [7, 11) is 3.08. The van der Waals surface area contributed by atoms with E-state index in [0.29, 0.717) is 22.8 Å². The van der Waals surface area contributed by atoms with Crippen LogP contribution >= 0.6 is 0 Å². The maximum Gasteiger partial charge on any atom is 0.338 e. The topological polar surface area (TPSA) is 142 Å². The zero-order chi connectivity index (χ0) is 31.1. The number of urea groups is 1. The predicted molar refractivity (Wildman–Crippen MR) is 160 cm³/mol. The monoisotopic (exact) mass is 589 g/mol. The first-order valence-electron chi connectivity index (χ1n) is 13.6. The van der Waals surface area contributed by atoms with Crippen molar-refractivity contribution in [2.75, 3.05) is 27.4 Å². The van der Waals surface area contributed by atoms with Gasteiger partial charge in [-0.3, -0.25) is 4.79 Å². The second-order valence-corrected chi connectivity index (χ2v) is 9.64. The summed E-state index contributed by atoms with van der Waals surface area (Å²) in [6.45, 7) is 7.17. The fourth-order valence-electron chi connectivity index (χ4n) is 4.80. The quantitative estimate of drug-likeness (QED) is 0.175. The summed E-state index contributed by atoms with van der Waals surface area (Å²) in [5, 5.41) is 9.44. The first-order chi connectivity index (χ1) is 20.7. The lowest BCUT2D eigenvalue weighted by molar-refractivity contribution is -0.139. The Labute approximate surface area is 249 Å². The lowest BCUT2D eigenvalue weighted by Crippen LogP contribution is -2.45. The molecule has 3 amide bonds. The summed E-state index contributed by atoms with van der Waals surface area (Å²) in [6, 6.07) is 13.4. The molecule has 0 saturated heterocycles. The SMILES string of the molecule is CCOC(=O)C1=C(C)NC(=O)N[C@@H]1c1ccc(OCC(=O)N/N=C\c2cc(C)n(-c3ccc(OC)cc3)c2C)c(OC)c1. The van der Waals surface area contributed by atoms with Gasteiger partial charge >= 0.3 is 12.0 Å². The average molecular weight is 590 g/mol. The number of aryl methyl sites for hydroxylation is 1. The van der Waals surface area contributed by atoms with Crippen molar-refractivity contribution < 1.29 is 33.3 Å². The molecule has 0 unspecified atom stereocenters. The van der Waals surface area contributed by atoms with Crippen molar-refractivity contribution >= 4 is 24.1 Å². The summed E-state index contributed by atoms with van der Waals surface area (Å²) >= 11 is 0. The Hall–Kier alpha value is -5.26. The van der Waals surface area contributed by atoms with Crippen LogP contribution in [0.1, 0.15) is 42.4 Å². The third-order valence-electron chi connectivity index (χ3n) is 6.84. The highest BCUT2D eigenvalue weighted by atomic mass is 16.5. The number of esters is 1. The van der Waals surface area contributed by atoms with Crippen LogP contribution in [-0.4, -0.2) is 56.1 Å². The second kappa shape index (κ2) is 13.6. The molecule has 0 bridgehead atoms. The van der Waals surface area contributed by atoms with E-state index in [-0.39, 0.29) is 18.8 Å². The van der Waals surface area contributed by atoms with Crippen LogP contribution < -0.4 is 30.3 Å². The number of allylic oxidation sites excluding steroid dienone is 1. The van der Waals surface area contributed by atoms with Crippen LogP contribution in [-0.2, 0) is 14.3 Å². The molecule has 0 radical (unpaired) electrons. The van der Waals surface area contributed by atoms with Crippen molar-refractivity contribution in [2.24, 2.45) is 5.10 Å². The minimum Gasteiger partial charge on any atom is -0.497 e. The maximum atomic E-state index is 12.6. The minimum absolute atomic E-state index is 0.189. The molecule has 3 N–H and O–H groups in total. The van der Waals surface area contributed by atoms with E-state index in [4.69, 9.17) is 18.9 Å². The molecule has 4 rings (SSSR count). The minimum atomic E-state index is -0.764. The molecule has 0 aliphatic carbocycles. The van der Waals surface area contributed by atoms with Crippen molar-refractivity contribution in [1.29, 1.82) is 0 Å². The number of aromatic nitrogens is 1. The van der Waals surface area contributed by atoms with E-state index in [0.717, 1.165) is 28.4 Å². The van der Waals surface area contributed by atoms with Crippen LogP contribution in [0.3, 0.4) is 0 Å². The van der Waals surface area contributed by atoms with Gasteiger partial charge in [0.05, 0.1) is 38.7 Å². The molecule has 43 heavy (non-hydrogen) atoms. The number of nitrogens with one attached hydrogen (secondary N) is 3. The van der Waals surface area contributed by atoms with E-state index in [1.807, 2.05) is 44.2 Å². The van der Waals surface area contributed by atoms with Crippen LogP contribution in [0.15, 0.2) is 64.9 Å². The molecule has 12 nitrogen and oxygen atoms in total. The van der Waals surface area contributed by atoms with Gasteiger partial charge in [0.15, 0.2) is 18.1 Å². The van der Waals surface area contributed by atoms with Crippen LogP contribution in [0, 0.1) is 13.8 Å². The zero-order valence-corrected chi connectivity index (χ0v) is 24.9. The van der Waals surface area contributed by atoms with E-state index < -0.39 is 23.9 Å². The van der Waals surface area contributed by atoms with Crippen LogP contribution in [0.5, 0.6) is 17.2 Å². The molecular formula is C31H35N5O7. The van der Waals surface area contributed by atoms with Crippen molar-refractivity contribution in [3.05, 3.63) is 82.3 Å². The molecule has 0 fully saturated rings. The smallest absolute Gasteiger partial charge is 0.338 e. The van der Waals surface area contributed by atoms with Crippen LogP contribution in [0.25, 0.3) is 5.69 Å². The van der Waals surface area contributed by atoms with Crippen LogP contribution in [0.4, 0.5) is 4.79 Å². The van der Waals surface area contributed by atoms with Crippen molar-refractivity contribution in [3.63, 3.8) is 0 Å². The third kappa shape index (κ3) is 6.97. The molecule has 2 heterocycles. The molecule has 1 aliphatic heterocycles. The molecule has 1 atom stereocenters. The van der Waals surface area contributed by atoms with Gasteiger partial charge in [-0.2, -0.15) is 5.10 Å². The fourth-order valence-corrected chi connectivity index (χ4v) is 4.80. The van der Waals surface area contributed by atoms with Gasteiger partial charge in [0.1, 0.15) is 5.75 Å². The van der Waals surface area contributed by atoms with Gasteiger partial charge < -0.3 is 34.1 Å². The number of carbonyl (C=O) groups is 3. The van der Waals surface area contributed by atoms with Crippen molar-refractivity contribution in [2.45, 2.75) is 33.7 Å². The number of nitrogens with zero attached hydrogens (tertiary/aromatic N) is 2. The number of benzene rings is 2. The molecule has 2 aromatic carbocycles. The highest BCUT2D eigenvalue weighted by molar-refractivity contribution is 5.95. The van der Waals surface area contributed by atoms with Gasteiger partial charge in [0, 0.05) is 28.3 Å². The van der Waals surface area contributed by atoms with E-state index in [1.54, 1.807) is 45.4 Å². The van der Waals surface area contributed by atoms with Crippen LogP contribution in [0.2, 0.25) is 0 Å².